The maximum atomic E-state index is 4.41. The third-order valence-corrected chi connectivity index (χ3v) is 2.15. The maximum absolute atomic E-state index is 4.41. The van der Waals surface area contributed by atoms with Crippen molar-refractivity contribution in [2.75, 3.05) is 0 Å². The Labute approximate surface area is 83.7 Å². The predicted octanol–water partition coefficient (Wildman–Crippen LogP) is 2.76. The average Bonchev–Trinajstić information content (AvgIpc) is 2.19. The molecule has 0 radical (unpaired) electrons. The zero-order chi connectivity index (χ0) is 9.97. The molecule has 0 saturated carbocycles. The minimum Gasteiger partial charge on any atom is -0.264 e. The van der Waals surface area contributed by atoms with Crippen molar-refractivity contribution in [1.82, 2.24) is 9.97 Å². The summed E-state index contributed by atoms with van der Waals surface area (Å²) in [4.78, 5) is 8.49. The van der Waals surface area contributed by atoms with Crippen molar-refractivity contribution in [1.29, 1.82) is 0 Å². The molecule has 0 aliphatic rings. The van der Waals surface area contributed by atoms with E-state index in [9.17, 15) is 0 Å². The van der Waals surface area contributed by atoms with E-state index in [1.165, 1.54) is 11.1 Å². The van der Waals surface area contributed by atoms with Crippen LogP contribution in [-0.4, -0.2) is 9.97 Å². The summed E-state index contributed by atoms with van der Waals surface area (Å²) in [5, 5.41) is 0. The molecule has 0 aliphatic heterocycles. The largest absolute Gasteiger partial charge is 0.264 e. The lowest BCUT2D eigenvalue weighted by atomic mass is 10.1. The number of pyridine rings is 2. The van der Waals surface area contributed by atoms with Crippen molar-refractivity contribution in [3.05, 3.63) is 47.9 Å². The Morgan fingerprint density at radius 2 is 2.00 bits per heavy atom. The van der Waals surface area contributed by atoms with E-state index in [-0.39, 0.29) is 0 Å². The fraction of sp³-hybridized carbons (Fsp3) is 0.167. The van der Waals surface area contributed by atoms with Crippen molar-refractivity contribution < 1.29 is 0 Å². The van der Waals surface area contributed by atoms with Gasteiger partial charge in [0.15, 0.2) is 0 Å². The highest BCUT2D eigenvalue weighted by atomic mass is 14.7. The van der Waals surface area contributed by atoms with Crippen LogP contribution in [0.2, 0.25) is 0 Å². The quantitative estimate of drug-likeness (QED) is 0.681. The molecule has 0 fully saturated rings. The van der Waals surface area contributed by atoms with Crippen LogP contribution < -0.4 is 0 Å². The van der Waals surface area contributed by atoms with Gasteiger partial charge in [0.05, 0.1) is 5.69 Å². The van der Waals surface area contributed by atoms with Crippen LogP contribution in [0.5, 0.6) is 0 Å². The Balaban J connectivity index is 2.53. The van der Waals surface area contributed by atoms with Crippen LogP contribution >= 0.6 is 0 Å². The number of rotatable bonds is 1. The SMILES string of the molecule is Cc1cnc(-c2cccnc2)c(C)c1. The molecule has 0 aliphatic carbocycles. The normalized spacial score (nSPS) is 10.1. The monoisotopic (exact) mass is 184 g/mol. The Hall–Kier alpha value is -1.70. The summed E-state index contributed by atoms with van der Waals surface area (Å²) in [5.74, 6) is 0. The van der Waals surface area contributed by atoms with Gasteiger partial charge in [-0.05, 0) is 37.1 Å². The molecular formula is C12H12N2. The maximum Gasteiger partial charge on any atom is 0.0746 e. The molecule has 0 saturated heterocycles. The Bertz CT molecular complexity index is 435. The van der Waals surface area contributed by atoms with Gasteiger partial charge in [0, 0.05) is 24.2 Å². The Kier molecular flexibility index (Phi) is 2.27. The summed E-state index contributed by atoms with van der Waals surface area (Å²) in [6.45, 7) is 4.12. The lowest BCUT2D eigenvalue weighted by Crippen LogP contribution is -1.89. The molecule has 2 aromatic rings. The summed E-state index contributed by atoms with van der Waals surface area (Å²) >= 11 is 0. The van der Waals surface area contributed by atoms with E-state index in [0.717, 1.165) is 11.3 Å². The molecule has 0 spiro atoms. The summed E-state index contributed by atoms with van der Waals surface area (Å²) < 4.78 is 0. The van der Waals surface area contributed by atoms with Gasteiger partial charge in [0.25, 0.3) is 0 Å². The third kappa shape index (κ3) is 1.64. The first kappa shape index (κ1) is 8.88. The standard InChI is InChI=1S/C12H12N2/c1-9-6-10(2)12(14-7-9)11-4-3-5-13-8-11/h3-8H,1-2H3. The Morgan fingerprint density at radius 1 is 1.14 bits per heavy atom. The van der Waals surface area contributed by atoms with E-state index in [1.807, 2.05) is 31.5 Å². The van der Waals surface area contributed by atoms with Gasteiger partial charge in [-0.25, -0.2) is 0 Å². The fourth-order valence-electron chi connectivity index (χ4n) is 1.52. The highest BCUT2D eigenvalue weighted by molar-refractivity contribution is 5.61. The first-order chi connectivity index (χ1) is 6.77. The lowest BCUT2D eigenvalue weighted by Gasteiger charge is -2.04. The third-order valence-electron chi connectivity index (χ3n) is 2.15. The molecule has 2 nitrogen and oxygen atoms in total. The van der Waals surface area contributed by atoms with Gasteiger partial charge in [-0.3, -0.25) is 9.97 Å². The van der Waals surface area contributed by atoms with E-state index in [1.54, 1.807) is 6.20 Å². The molecule has 70 valence electrons. The van der Waals surface area contributed by atoms with Gasteiger partial charge in [0.1, 0.15) is 0 Å². The van der Waals surface area contributed by atoms with Crippen molar-refractivity contribution in [2.24, 2.45) is 0 Å². The van der Waals surface area contributed by atoms with Gasteiger partial charge in [0.2, 0.25) is 0 Å². The van der Waals surface area contributed by atoms with Crippen LogP contribution in [0.25, 0.3) is 11.3 Å². The predicted molar refractivity (Wildman–Crippen MR) is 56.9 cm³/mol. The van der Waals surface area contributed by atoms with Crippen molar-refractivity contribution in [3.8, 4) is 11.3 Å². The van der Waals surface area contributed by atoms with E-state index < -0.39 is 0 Å². The first-order valence-electron chi connectivity index (χ1n) is 4.61. The molecule has 0 unspecified atom stereocenters. The molecule has 2 aromatic heterocycles. The highest BCUT2D eigenvalue weighted by Gasteiger charge is 2.02. The van der Waals surface area contributed by atoms with Crippen LogP contribution in [0.15, 0.2) is 36.8 Å². The average molecular weight is 184 g/mol. The topological polar surface area (TPSA) is 25.8 Å². The zero-order valence-electron chi connectivity index (χ0n) is 8.36. The number of aromatic nitrogens is 2. The van der Waals surface area contributed by atoms with Crippen LogP contribution in [0.1, 0.15) is 11.1 Å². The summed E-state index contributed by atoms with van der Waals surface area (Å²) in [5.41, 5.74) is 4.47. The van der Waals surface area contributed by atoms with E-state index >= 15 is 0 Å². The molecule has 2 rings (SSSR count). The number of hydrogen-bond acceptors (Lipinski definition) is 2. The van der Waals surface area contributed by atoms with Crippen molar-refractivity contribution in [3.63, 3.8) is 0 Å². The fourth-order valence-corrected chi connectivity index (χ4v) is 1.52. The number of aryl methyl sites for hydroxylation is 2. The van der Waals surface area contributed by atoms with Crippen LogP contribution in [0, 0.1) is 13.8 Å². The van der Waals surface area contributed by atoms with Gasteiger partial charge < -0.3 is 0 Å². The van der Waals surface area contributed by atoms with E-state index in [0.29, 0.717) is 0 Å². The second-order valence-electron chi connectivity index (χ2n) is 3.42. The molecule has 0 N–H and O–H groups in total. The van der Waals surface area contributed by atoms with Gasteiger partial charge in [-0.15, -0.1) is 0 Å². The van der Waals surface area contributed by atoms with Crippen LogP contribution in [0.4, 0.5) is 0 Å². The van der Waals surface area contributed by atoms with E-state index in [2.05, 4.69) is 23.0 Å². The van der Waals surface area contributed by atoms with Gasteiger partial charge in [-0.1, -0.05) is 6.07 Å². The summed E-state index contributed by atoms with van der Waals surface area (Å²) in [6.07, 6.45) is 5.49. The van der Waals surface area contributed by atoms with Crippen LogP contribution in [-0.2, 0) is 0 Å². The molecular weight excluding hydrogens is 172 g/mol. The molecule has 0 amide bonds. The lowest BCUT2D eigenvalue weighted by molar-refractivity contribution is 1.21. The van der Waals surface area contributed by atoms with E-state index in [4.69, 9.17) is 0 Å². The second kappa shape index (κ2) is 3.58. The number of nitrogens with zero attached hydrogens (tertiary/aromatic N) is 2. The zero-order valence-corrected chi connectivity index (χ0v) is 8.36. The summed E-state index contributed by atoms with van der Waals surface area (Å²) in [6, 6.07) is 6.09. The molecule has 0 atom stereocenters. The smallest absolute Gasteiger partial charge is 0.0746 e. The van der Waals surface area contributed by atoms with Gasteiger partial charge in [-0.2, -0.15) is 0 Å². The van der Waals surface area contributed by atoms with Crippen molar-refractivity contribution >= 4 is 0 Å². The molecule has 2 heteroatoms. The first-order valence-corrected chi connectivity index (χ1v) is 4.61. The minimum atomic E-state index is 1.02. The molecule has 0 aromatic carbocycles. The highest BCUT2D eigenvalue weighted by Crippen LogP contribution is 2.19. The molecule has 0 bridgehead atoms. The molecule has 14 heavy (non-hydrogen) atoms. The van der Waals surface area contributed by atoms with Crippen molar-refractivity contribution in [2.45, 2.75) is 13.8 Å². The second-order valence-corrected chi connectivity index (χ2v) is 3.42. The van der Waals surface area contributed by atoms with Gasteiger partial charge >= 0.3 is 0 Å². The minimum absolute atomic E-state index is 1.02. The van der Waals surface area contributed by atoms with Crippen LogP contribution in [0.3, 0.4) is 0 Å². The Morgan fingerprint density at radius 3 is 2.64 bits per heavy atom. The molecule has 2 heterocycles. The summed E-state index contributed by atoms with van der Waals surface area (Å²) in [7, 11) is 0. The number of hydrogen-bond donors (Lipinski definition) is 0.